The molecule has 0 spiro atoms. The van der Waals surface area contributed by atoms with E-state index in [1.165, 1.54) is 6.07 Å². The highest BCUT2D eigenvalue weighted by Gasteiger charge is 2.18. The molecule has 6 nitrogen and oxygen atoms in total. The summed E-state index contributed by atoms with van der Waals surface area (Å²) in [7, 11) is 0. The van der Waals surface area contributed by atoms with E-state index in [0.29, 0.717) is 11.4 Å². The van der Waals surface area contributed by atoms with Gasteiger partial charge in [-0.15, -0.1) is 0 Å². The fourth-order valence-corrected chi connectivity index (χ4v) is 2.75. The summed E-state index contributed by atoms with van der Waals surface area (Å²) in [6, 6.07) is 22.0. The van der Waals surface area contributed by atoms with Crippen LogP contribution in [0, 0.1) is 10.1 Å². The topological polar surface area (TPSA) is 81.0 Å². The molecule has 4 aromatic rings. The van der Waals surface area contributed by atoms with E-state index in [4.69, 9.17) is 4.74 Å². The van der Waals surface area contributed by atoms with Gasteiger partial charge in [0.15, 0.2) is 5.75 Å². The van der Waals surface area contributed by atoms with Crippen LogP contribution in [0.15, 0.2) is 72.8 Å². The number of fused-ring (bicyclic) bond motifs is 1. The Morgan fingerprint density at radius 1 is 1.00 bits per heavy atom. The monoisotopic (exact) mass is 345 g/mol. The van der Waals surface area contributed by atoms with Gasteiger partial charge in [-0.2, -0.15) is 0 Å². The minimum atomic E-state index is -0.438. The lowest BCUT2D eigenvalue weighted by Crippen LogP contribution is -1.99. The van der Waals surface area contributed by atoms with Crippen molar-refractivity contribution in [2.24, 2.45) is 0 Å². The van der Waals surface area contributed by atoms with E-state index in [1.54, 1.807) is 12.1 Å². The van der Waals surface area contributed by atoms with Crippen molar-refractivity contribution in [3.63, 3.8) is 0 Å². The van der Waals surface area contributed by atoms with E-state index >= 15 is 0 Å². The van der Waals surface area contributed by atoms with Crippen molar-refractivity contribution < 1.29 is 9.66 Å². The van der Waals surface area contributed by atoms with Gasteiger partial charge in [-0.1, -0.05) is 42.5 Å². The quantitative estimate of drug-likeness (QED) is 0.419. The molecule has 0 saturated carbocycles. The molecule has 26 heavy (non-hydrogen) atoms. The van der Waals surface area contributed by atoms with Crippen LogP contribution >= 0.6 is 0 Å². The number of nitro groups is 1. The van der Waals surface area contributed by atoms with Gasteiger partial charge in [0, 0.05) is 11.6 Å². The van der Waals surface area contributed by atoms with Crippen molar-refractivity contribution in [2.45, 2.75) is 6.61 Å². The molecule has 128 valence electrons. The van der Waals surface area contributed by atoms with Crippen molar-refractivity contribution >= 4 is 16.7 Å². The van der Waals surface area contributed by atoms with Crippen LogP contribution in [0.1, 0.15) is 5.56 Å². The van der Waals surface area contributed by atoms with Gasteiger partial charge in [-0.3, -0.25) is 10.1 Å². The molecule has 0 radical (unpaired) electrons. The van der Waals surface area contributed by atoms with Crippen molar-refractivity contribution in [2.75, 3.05) is 0 Å². The molecular formula is C20H15N3O3. The number of hydrogen-bond donors (Lipinski definition) is 1. The Labute approximate surface area is 149 Å². The van der Waals surface area contributed by atoms with Gasteiger partial charge in [0.2, 0.25) is 0 Å². The summed E-state index contributed by atoms with van der Waals surface area (Å²) in [5.41, 5.74) is 3.20. The molecule has 0 aliphatic heterocycles. The SMILES string of the molecule is O=[N+]([O-])c1cc(-c2nc3ccccc3[nH]2)ccc1OCc1ccccc1. The molecular weight excluding hydrogens is 330 g/mol. The molecule has 3 aromatic carbocycles. The van der Waals surface area contributed by atoms with Crippen LogP contribution < -0.4 is 4.74 Å². The first kappa shape index (κ1) is 15.8. The number of aromatic nitrogens is 2. The molecule has 0 aliphatic rings. The maximum absolute atomic E-state index is 11.5. The lowest BCUT2D eigenvalue weighted by Gasteiger charge is -2.08. The van der Waals surface area contributed by atoms with Crippen LogP contribution in [0.2, 0.25) is 0 Å². The first-order valence-corrected chi connectivity index (χ1v) is 8.11. The molecule has 0 fully saturated rings. The Morgan fingerprint density at radius 2 is 1.77 bits per heavy atom. The largest absolute Gasteiger partial charge is 0.482 e. The van der Waals surface area contributed by atoms with E-state index in [2.05, 4.69) is 9.97 Å². The van der Waals surface area contributed by atoms with Crippen molar-refractivity contribution in [3.05, 3.63) is 88.5 Å². The molecule has 0 amide bonds. The van der Waals surface area contributed by atoms with Gasteiger partial charge in [0.05, 0.1) is 16.0 Å². The highest BCUT2D eigenvalue weighted by atomic mass is 16.6. The summed E-state index contributed by atoms with van der Waals surface area (Å²) < 4.78 is 5.66. The smallest absolute Gasteiger partial charge is 0.311 e. The third-order valence-electron chi connectivity index (χ3n) is 4.06. The standard InChI is InChI=1S/C20H15N3O3/c24-23(25)18-12-15(20-21-16-8-4-5-9-17(16)22-20)10-11-19(18)26-13-14-6-2-1-3-7-14/h1-12H,13H2,(H,21,22). The van der Waals surface area contributed by atoms with E-state index < -0.39 is 4.92 Å². The van der Waals surface area contributed by atoms with Crippen LogP contribution in [0.25, 0.3) is 22.4 Å². The van der Waals surface area contributed by atoms with Gasteiger partial charge in [0.25, 0.3) is 0 Å². The number of nitrogens with one attached hydrogen (secondary N) is 1. The zero-order valence-electron chi connectivity index (χ0n) is 13.8. The van der Waals surface area contributed by atoms with Gasteiger partial charge in [0.1, 0.15) is 12.4 Å². The number of ether oxygens (including phenoxy) is 1. The van der Waals surface area contributed by atoms with Crippen LogP contribution in [-0.4, -0.2) is 14.9 Å². The van der Waals surface area contributed by atoms with E-state index in [-0.39, 0.29) is 18.0 Å². The first-order valence-electron chi connectivity index (χ1n) is 8.11. The molecule has 1 aromatic heterocycles. The predicted molar refractivity (Wildman–Crippen MR) is 99.0 cm³/mol. The summed E-state index contributed by atoms with van der Waals surface area (Å²) in [5, 5.41) is 11.5. The lowest BCUT2D eigenvalue weighted by atomic mass is 10.1. The van der Waals surface area contributed by atoms with Gasteiger partial charge in [-0.25, -0.2) is 4.98 Å². The minimum absolute atomic E-state index is 0.0844. The number of nitrogens with zero attached hydrogens (tertiary/aromatic N) is 2. The van der Waals surface area contributed by atoms with Crippen molar-refractivity contribution in [3.8, 4) is 17.1 Å². The summed E-state index contributed by atoms with van der Waals surface area (Å²) in [6.45, 7) is 0.270. The number of rotatable bonds is 5. The average Bonchev–Trinajstić information content (AvgIpc) is 3.11. The maximum Gasteiger partial charge on any atom is 0.311 e. The van der Waals surface area contributed by atoms with E-state index in [9.17, 15) is 10.1 Å². The molecule has 0 aliphatic carbocycles. The molecule has 1 heterocycles. The molecule has 6 heteroatoms. The number of para-hydroxylation sites is 2. The van der Waals surface area contributed by atoms with Crippen LogP contribution in [0.4, 0.5) is 5.69 Å². The fraction of sp³-hybridized carbons (Fsp3) is 0.0500. The third-order valence-corrected chi connectivity index (χ3v) is 4.06. The minimum Gasteiger partial charge on any atom is -0.482 e. The summed E-state index contributed by atoms with van der Waals surface area (Å²) in [6.07, 6.45) is 0. The molecule has 0 atom stereocenters. The highest BCUT2D eigenvalue weighted by Crippen LogP contribution is 2.32. The van der Waals surface area contributed by atoms with Crippen molar-refractivity contribution in [1.82, 2.24) is 9.97 Å². The van der Waals surface area contributed by atoms with Crippen LogP contribution in [0.3, 0.4) is 0 Å². The zero-order valence-corrected chi connectivity index (χ0v) is 13.8. The molecule has 4 rings (SSSR count). The lowest BCUT2D eigenvalue weighted by molar-refractivity contribution is -0.385. The zero-order chi connectivity index (χ0) is 17.9. The fourth-order valence-electron chi connectivity index (χ4n) is 2.75. The van der Waals surface area contributed by atoms with Gasteiger partial charge >= 0.3 is 5.69 Å². The number of benzene rings is 3. The molecule has 0 unspecified atom stereocenters. The Bertz CT molecular complexity index is 1040. The summed E-state index contributed by atoms with van der Waals surface area (Å²) in [5.74, 6) is 0.822. The molecule has 1 N–H and O–H groups in total. The number of hydrogen-bond acceptors (Lipinski definition) is 4. The molecule has 0 saturated heterocycles. The second kappa shape index (κ2) is 6.68. The predicted octanol–water partition coefficient (Wildman–Crippen LogP) is 4.72. The highest BCUT2D eigenvalue weighted by molar-refractivity contribution is 5.79. The van der Waals surface area contributed by atoms with Crippen LogP contribution in [-0.2, 0) is 6.61 Å². The van der Waals surface area contributed by atoms with E-state index in [0.717, 1.165) is 16.6 Å². The van der Waals surface area contributed by atoms with Gasteiger partial charge < -0.3 is 9.72 Å². The number of imidazole rings is 1. The Kier molecular flexibility index (Phi) is 4.07. The van der Waals surface area contributed by atoms with E-state index in [1.807, 2.05) is 54.6 Å². The normalized spacial score (nSPS) is 10.8. The average molecular weight is 345 g/mol. The number of H-pyrrole nitrogens is 1. The second-order valence-corrected chi connectivity index (χ2v) is 5.82. The number of aromatic amines is 1. The maximum atomic E-state index is 11.5. The van der Waals surface area contributed by atoms with Crippen LogP contribution in [0.5, 0.6) is 5.75 Å². The number of nitro benzene ring substituents is 1. The second-order valence-electron chi connectivity index (χ2n) is 5.82. The summed E-state index contributed by atoms with van der Waals surface area (Å²) >= 11 is 0. The molecule has 0 bridgehead atoms. The van der Waals surface area contributed by atoms with Crippen molar-refractivity contribution in [1.29, 1.82) is 0 Å². The summed E-state index contributed by atoms with van der Waals surface area (Å²) in [4.78, 5) is 18.7. The Morgan fingerprint density at radius 3 is 2.54 bits per heavy atom. The first-order chi connectivity index (χ1) is 12.7. The Balaban J connectivity index is 1.65. The third kappa shape index (κ3) is 3.12. The van der Waals surface area contributed by atoms with Gasteiger partial charge in [-0.05, 0) is 29.8 Å². The Hall–Kier alpha value is -3.67.